The van der Waals surface area contributed by atoms with Crippen molar-refractivity contribution in [3.05, 3.63) is 59.2 Å². The number of aromatic carboxylic acids is 1. The molecule has 0 atom stereocenters. The lowest BCUT2D eigenvalue weighted by Crippen LogP contribution is -2.20. The molecule has 0 radical (unpaired) electrons. The number of hydrogen-bond acceptors (Lipinski definition) is 3. The van der Waals surface area contributed by atoms with Gasteiger partial charge in [0.15, 0.2) is 0 Å². The molecule has 0 unspecified atom stereocenters. The van der Waals surface area contributed by atoms with Crippen LogP contribution < -0.4 is 4.90 Å². The van der Waals surface area contributed by atoms with Crippen molar-refractivity contribution in [2.24, 2.45) is 0 Å². The summed E-state index contributed by atoms with van der Waals surface area (Å²) in [4.78, 5) is 14.4. The first-order valence-corrected chi connectivity index (χ1v) is 7.93. The summed E-state index contributed by atoms with van der Waals surface area (Å²) < 4.78 is 0. The van der Waals surface area contributed by atoms with Crippen molar-refractivity contribution in [2.45, 2.75) is 18.4 Å². The van der Waals surface area contributed by atoms with E-state index in [-0.39, 0.29) is 0 Å². The number of hydrogen-bond donors (Lipinski definition) is 1. The number of benzene rings is 2. The van der Waals surface area contributed by atoms with Crippen LogP contribution in [0, 0.1) is 6.92 Å². The Morgan fingerprint density at radius 2 is 1.90 bits per heavy atom. The maximum atomic E-state index is 11.6. The summed E-state index contributed by atoms with van der Waals surface area (Å²) in [7, 11) is 1.93. The molecular formula is C17H19NO2S. The molecule has 0 aliphatic rings. The number of carboxylic acid groups (broad SMARTS) is 1. The summed E-state index contributed by atoms with van der Waals surface area (Å²) in [5, 5.41) is 9.51. The van der Waals surface area contributed by atoms with Crippen LogP contribution in [0.2, 0.25) is 0 Å². The zero-order valence-electron chi connectivity index (χ0n) is 12.5. The van der Waals surface area contributed by atoms with E-state index >= 15 is 0 Å². The van der Waals surface area contributed by atoms with Gasteiger partial charge >= 0.3 is 5.97 Å². The molecule has 21 heavy (non-hydrogen) atoms. The van der Waals surface area contributed by atoms with Crippen LogP contribution in [0.1, 0.15) is 21.5 Å². The number of carbonyl (C=O) groups is 1. The molecular weight excluding hydrogens is 282 g/mol. The van der Waals surface area contributed by atoms with E-state index in [1.54, 1.807) is 0 Å². The molecule has 3 nitrogen and oxygen atoms in total. The van der Waals surface area contributed by atoms with Gasteiger partial charge in [0.2, 0.25) is 0 Å². The molecule has 0 aliphatic heterocycles. The molecule has 2 rings (SSSR count). The van der Waals surface area contributed by atoms with Crippen molar-refractivity contribution in [2.75, 3.05) is 18.2 Å². The first-order valence-electron chi connectivity index (χ1n) is 6.70. The Morgan fingerprint density at radius 3 is 2.52 bits per heavy atom. The predicted molar refractivity (Wildman–Crippen MR) is 88.5 cm³/mol. The molecule has 0 saturated heterocycles. The molecule has 4 heteroatoms. The first-order chi connectivity index (χ1) is 10.0. The zero-order valence-corrected chi connectivity index (χ0v) is 13.3. The van der Waals surface area contributed by atoms with Crippen molar-refractivity contribution in [1.29, 1.82) is 0 Å². The van der Waals surface area contributed by atoms with Gasteiger partial charge in [0.1, 0.15) is 0 Å². The van der Waals surface area contributed by atoms with Crippen molar-refractivity contribution in [1.82, 2.24) is 0 Å². The lowest BCUT2D eigenvalue weighted by Gasteiger charge is -2.23. The normalized spacial score (nSPS) is 10.4. The number of thioether (sulfide) groups is 1. The average Bonchev–Trinajstić information content (AvgIpc) is 2.48. The van der Waals surface area contributed by atoms with Gasteiger partial charge < -0.3 is 10.0 Å². The summed E-state index contributed by atoms with van der Waals surface area (Å²) in [5.74, 6) is -0.883. The monoisotopic (exact) mass is 301 g/mol. The second-order valence-electron chi connectivity index (χ2n) is 4.94. The standard InChI is InChI=1S/C17H19NO2S/c1-12-7-4-5-8-13(12)11-18(2)14-9-6-10-15(21-3)16(14)17(19)20/h4-10H,11H2,1-3H3,(H,19,20). The fraction of sp³-hybridized carbons (Fsp3) is 0.235. The van der Waals surface area contributed by atoms with Crippen molar-refractivity contribution in [3.63, 3.8) is 0 Å². The molecule has 0 saturated carbocycles. The highest BCUT2D eigenvalue weighted by Gasteiger charge is 2.18. The highest BCUT2D eigenvalue weighted by atomic mass is 32.2. The van der Waals surface area contributed by atoms with Crippen LogP contribution in [0.3, 0.4) is 0 Å². The van der Waals surface area contributed by atoms with E-state index < -0.39 is 5.97 Å². The molecule has 110 valence electrons. The van der Waals surface area contributed by atoms with Crippen molar-refractivity contribution in [3.8, 4) is 0 Å². The largest absolute Gasteiger partial charge is 0.478 e. The van der Waals surface area contributed by atoms with Gasteiger partial charge in [0.25, 0.3) is 0 Å². The number of carboxylic acids is 1. The first kappa shape index (κ1) is 15.4. The Kier molecular flexibility index (Phi) is 4.91. The van der Waals surface area contributed by atoms with Gasteiger partial charge in [0.05, 0.1) is 11.3 Å². The second-order valence-corrected chi connectivity index (χ2v) is 5.79. The summed E-state index contributed by atoms with van der Waals surface area (Å²) >= 11 is 1.46. The molecule has 2 aromatic carbocycles. The van der Waals surface area contributed by atoms with Crippen LogP contribution in [-0.2, 0) is 6.54 Å². The summed E-state index contributed by atoms with van der Waals surface area (Å²) in [6.07, 6.45) is 1.90. The van der Waals surface area contributed by atoms with Gasteiger partial charge in [-0.2, -0.15) is 0 Å². The molecule has 2 aromatic rings. The number of rotatable bonds is 5. The van der Waals surface area contributed by atoms with Crippen LogP contribution in [0.4, 0.5) is 5.69 Å². The molecule has 0 spiro atoms. The zero-order chi connectivity index (χ0) is 15.4. The van der Waals surface area contributed by atoms with E-state index in [1.165, 1.54) is 22.9 Å². The Hall–Kier alpha value is -1.94. The molecule has 0 bridgehead atoms. The molecule has 0 aliphatic carbocycles. The minimum Gasteiger partial charge on any atom is -0.478 e. The third-order valence-electron chi connectivity index (χ3n) is 3.52. The van der Waals surface area contributed by atoms with Gasteiger partial charge in [-0.1, -0.05) is 30.3 Å². The lowest BCUT2D eigenvalue weighted by molar-refractivity contribution is 0.0694. The molecule has 0 fully saturated rings. The summed E-state index contributed by atoms with van der Waals surface area (Å²) in [5.41, 5.74) is 3.53. The molecule has 0 amide bonds. The van der Waals surface area contributed by atoms with Gasteiger partial charge in [-0.05, 0) is 36.4 Å². The minimum absolute atomic E-state index is 0.376. The average molecular weight is 301 g/mol. The van der Waals surface area contributed by atoms with E-state index in [9.17, 15) is 9.90 Å². The van der Waals surface area contributed by atoms with E-state index in [2.05, 4.69) is 19.1 Å². The van der Waals surface area contributed by atoms with Crippen LogP contribution in [-0.4, -0.2) is 24.4 Å². The SMILES string of the molecule is CSc1cccc(N(C)Cc2ccccc2C)c1C(=O)O. The number of aryl methyl sites for hydroxylation is 1. The Labute approximate surface area is 129 Å². The number of anilines is 1. The van der Waals surface area contributed by atoms with E-state index in [0.29, 0.717) is 12.1 Å². The Balaban J connectivity index is 2.37. The third kappa shape index (κ3) is 3.39. The van der Waals surface area contributed by atoms with Crippen molar-refractivity contribution >= 4 is 23.4 Å². The van der Waals surface area contributed by atoms with Gasteiger partial charge in [-0.15, -0.1) is 11.8 Å². The van der Waals surface area contributed by atoms with Gasteiger partial charge in [0, 0.05) is 18.5 Å². The summed E-state index contributed by atoms with van der Waals surface area (Å²) in [6.45, 7) is 2.75. The fourth-order valence-corrected chi connectivity index (χ4v) is 2.96. The van der Waals surface area contributed by atoms with E-state index in [1.807, 2.05) is 48.5 Å². The quantitative estimate of drug-likeness (QED) is 0.846. The highest BCUT2D eigenvalue weighted by molar-refractivity contribution is 7.98. The summed E-state index contributed by atoms with van der Waals surface area (Å²) in [6, 6.07) is 13.8. The Bertz CT molecular complexity index is 655. The third-order valence-corrected chi connectivity index (χ3v) is 4.30. The highest BCUT2D eigenvalue weighted by Crippen LogP contribution is 2.30. The van der Waals surface area contributed by atoms with Gasteiger partial charge in [-0.25, -0.2) is 4.79 Å². The van der Waals surface area contributed by atoms with Gasteiger partial charge in [-0.3, -0.25) is 0 Å². The van der Waals surface area contributed by atoms with Crippen LogP contribution >= 0.6 is 11.8 Å². The van der Waals surface area contributed by atoms with Crippen LogP contribution in [0.5, 0.6) is 0 Å². The molecule has 0 aromatic heterocycles. The minimum atomic E-state index is -0.883. The molecule has 1 N–H and O–H groups in total. The maximum absolute atomic E-state index is 11.6. The van der Waals surface area contributed by atoms with Crippen LogP contribution in [0.15, 0.2) is 47.4 Å². The predicted octanol–water partition coefficient (Wildman–Crippen LogP) is 4.05. The van der Waals surface area contributed by atoms with Crippen molar-refractivity contribution < 1.29 is 9.90 Å². The van der Waals surface area contributed by atoms with E-state index in [0.717, 1.165) is 10.6 Å². The topological polar surface area (TPSA) is 40.5 Å². The fourth-order valence-electron chi connectivity index (χ4n) is 2.35. The molecule has 0 heterocycles. The number of nitrogens with zero attached hydrogens (tertiary/aromatic N) is 1. The Morgan fingerprint density at radius 1 is 1.19 bits per heavy atom. The second kappa shape index (κ2) is 6.68. The van der Waals surface area contributed by atoms with Crippen LogP contribution in [0.25, 0.3) is 0 Å². The lowest BCUT2D eigenvalue weighted by atomic mass is 10.1. The maximum Gasteiger partial charge on any atom is 0.338 e. The smallest absolute Gasteiger partial charge is 0.338 e. The van der Waals surface area contributed by atoms with E-state index in [4.69, 9.17) is 0 Å².